The van der Waals surface area contributed by atoms with E-state index in [1.165, 1.54) is 12.8 Å². The first-order valence-corrected chi connectivity index (χ1v) is 5.48. The number of rotatable bonds is 1. The molecule has 2 bridgehead atoms. The van der Waals surface area contributed by atoms with Gasteiger partial charge in [0, 0.05) is 13.5 Å². The zero-order valence-electron chi connectivity index (χ0n) is 8.49. The van der Waals surface area contributed by atoms with Crippen molar-refractivity contribution in [3.05, 3.63) is 0 Å². The van der Waals surface area contributed by atoms with Crippen LogP contribution in [-0.2, 0) is 14.3 Å². The van der Waals surface area contributed by atoms with Crippen molar-refractivity contribution in [1.29, 1.82) is 0 Å². The first kappa shape index (κ1) is 8.86. The van der Waals surface area contributed by atoms with E-state index >= 15 is 0 Å². The Morgan fingerprint density at radius 1 is 1.57 bits per heavy atom. The van der Waals surface area contributed by atoms with Gasteiger partial charge in [0.2, 0.25) is 0 Å². The highest BCUT2D eigenvalue weighted by Crippen LogP contribution is 2.53. The fraction of sp³-hybridized carbons (Fsp3) is 0.909. The molecule has 3 heteroatoms. The highest BCUT2D eigenvalue weighted by atomic mass is 16.6. The maximum atomic E-state index is 11.8. The molecule has 3 nitrogen and oxygen atoms in total. The normalized spacial score (nSPS) is 50.9. The number of hydrogen-bond donors (Lipinski definition) is 0. The van der Waals surface area contributed by atoms with Gasteiger partial charge in [-0.05, 0) is 25.2 Å². The summed E-state index contributed by atoms with van der Waals surface area (Å²) in [5.41, 5.74) is -0.0726. The molecule has 3 rings (SSSR count). The van der Waals surface area contributed by atoms with Gasteiger partial charge in [0.05, 0.1) is 11.7 Å². The smallest absolute Gasteiger partial charge is 0.167 e. The lowest BCUT2D eigenvalue weighted by molar-refractivity contribution is -0.167. The molecule has 1 aliphatic carbocycles. The van der Waals surface area contributed by atoms with E-state index in [9.17, 15) is 4.79 Å². The number of ketones is 1. The number of carbonyl (C=O) groups is 1. The molecular formula is C11H16O3. The Labute approximate surface area is 83.8 Å². The topological polar surface area (TPSA) is 35.5 Å². The molecular weight excluding hydrogens is 180 g/mol. The molecule has 1 spiro atoms. The van der Waals surface area contributed by atoms with Crippen molar-refractivity contribution in [3.8, 4) is 0 Å². The van der Waals surface area contributed by atoms with Crippen LogP contribution in [0.3, 0.4) is 0 Å². The minimum absolute atomic E-state index is 0.0477. The molecule has 1 unspecified atom stereocenters. The van der Waals surface area contributed by atoms with Crippen molar-refractivity contribution in [2.75, 3.05) is 7.11 Å². The van der Waals surface area contributed by atoms with Crippen molar-refractivity contribution in [2.45, 2.75) is 49.9 Å². The van der Waals surface area contributed by atoms with Crippen LogP contribution < -0.4 is 0 Å². The average Bonchev–Trinajstić information content (AvgIpc) is 2.59. The second kappa shape index (κ2) is 2.80. The van der Waals surface area contributed by atoms with E-state index < -0.39 is 0 Å². The number of ether oxygens (including phenoxy) is 2. The summed E-state index contributed by atoms with van der Waals surface area (Å²) in [5, 5.41) is 0. The molecule has 3 aliphatic rings. The van der Waals surface area contributed by atoms with Crippen molar-refractivity contribution >= 4 is 5.78 Å². The summed E-state index contributed by atoms with van der Waals surface area (Å²) < 4.78 is 11.3. The van der Waals surface area contributed by atoms with Crippen molar-refractivity contribution in [2.24, 2.45) is 5.92 Å². The van der Waals surface area contributed by atoms with Crippen LogP contribution >= 0.6 is 0 Å². The van der Waals surface area contributed by atoms with Crippen molar-refractivity contribution in [1.82, 2.24) is 0 Å². The Kier molecular flexibility index (Phi) is 1.77. The molecule has 2 heterocycles. The summed E-state index contributed by atoms with van der Waals surface area (Å²) in [6.07, 6.45) is 4.92. The highest BCUT2D eigenvalue weighted by molar-refractivity contribution is 5.86. The standard InChI is InChI=1S/C11H16O3/c1-13-10-8(12)6-11-4-2-3-7(11)5-9(10)14-11/h7,9-10H,2-6H2,1H3/t7-,9+,10?,11+/m1/s1. The average molecular weight is 196 g/mol. The fourth-order valence-corrected chi connectivity index (χ4v) is 3.58. The zero-order chi connectivity index (χ0) is 9.76. The van der Waals surface area contributed by atoms with Gasteiger partial charge < -0.3 is 9.47 Å². The van der Waals surface area contributed by atoms with E-state index in [2.05, 4.69) is 0 Å². The largest absolute Gasteiger partial charge is 0.371 e. The molecule has 0 amide bonds. The summed E-state index contributed by atoms with van der Waals surface area (Å²) in [4.78, 5) is 11.8. The molecule has 3 fully saturated rings. The van der Waals surface area contributed by atoms with Gasteiger partial charge in [-0.3, -0.25) is 4.79 Å². The van der Waals surface area contributed by atoms with Gasteiger partial charge in [-0.1, -0.05) is 6.42 Å². The Morgan fingerprint density at radius 2 is 2.43 bits per heavy atom. The van der Waals surface area contributed by atoms with Gasteiger partial charge >= 0.3 is 0 Å². The molecule has 0 radical (unpaired) electrons. The molecule has 78 valence electrons. The molecule has 2 aliphatic heterocycles. The second-order valence-electron chi connectivity index (χ2n) is 4.85. The summed E-state index contributed by atoms with van der Waals surface area (Å²) in [6, 6.07) is 0. The Bertz CT molecular complexity index is 276. The van der Waals surface area contributed by atoms with E-state index in [-0.39, 0.29) is 23.6 Å². The number of methoxy groups -OCH3 is 1. The Morgan fingerprint density at radius 3 is 3.21 bits per heavy atom. The lowest BCUT2D eigenvalue weighted by Crippen LogP contribution is -2.47. The molecule has 0 aromatic rings. The number of hydrogen-bond acceptors (Lipinski definition) is 3. The molecule has 0 aromatic heterocycles. The van der Waals surface area contributed by atoms with E-state index in [0.717, 1.165) is 12.8 Å². The molecule has 14 heavy (non-hydrogen) atoms. The monoisotopic (exact) mass is 196 g/mol. The predicted molar refractivity (Wildman–Crippen MR) is 50.0 cm³/mol. The minimum Gasteiger partial charge on any atom is -0.371 e. The van der Waals surface area contributed by atoms with Crippen molar-refractivity contribution in [3.63, 3.8) is 0 Å². The van der Waals surface area contributed by atoms with Gasteiger partial charge in [0.15, 0.2) is 5.78 Å². The number of carbonyl (C=O) groups excluding carboxylic acids is 1. The lowest BCUT2D eigenvalue weighted by atomic mass is 9.87. The first-order chi connectivity index (χ1) is 6.75. The zero-order valence-corrected chi connectivity index (χ0v) is 8.49. The molecule has 1 saturated carbocycles. The minimum atomic E-state index is -0.286. The van der Waals surface area contributed by atoms with E-state index in [4.69, 9.17) is 9.47 Å². The third kappa shape index (κ3) is 0.971. The Balaban J connectivity index is 1.91. The predicted octanol–water partition coefficient (Wildman–Crippen LogP) is 1.30. The molecule has 2 saturated heterocycles. The van der Waals surface area contributed by atoms with Crippen LogP contribution in [0, 0.1) is 5.92 Å². The van der Waals surface area contributed by atoms with Crippen LogP contribution in [0.15, 0.2) is 0 Å². The van der Waals surface area contributed by atoms with Crippen LogP contribution in [0.1, 0.15) is 32.1 Å². The van der Waals surface area contributed by atoms with Crippen LogP contribution in [0.2, 0.25) is 0 Å². The summed E-state index contributed by atoms with van der Waals surface area (Å²) in [7, 11) is 1.61. The first-order valence-electron chi connectivity index (χ1n) is 5.48. The maximum absolute atomic E-state index is 11.8. The Hall–Kier alpha value is -0.410. The third-order valence-electron chi connectivity index (χ3n) is 4.18. The molecule has 4 atom stereocenters. The summed E-state index contributed by atoms with van der Waals surface area (Å²) in [5.74, 6) is 0.879. The molecule has 0 aromatic carbocycles. The summed E-state index contributed by atoms with van der Waals surface area (Å²) >= 11 is 0. The second-order valence-corrected chi connectivity index (χ2v) is 4.85. The maximum Gasteiger partial charge on any atom is 0.167 e. The third-order valence-corrected chi connectivity index (χ3v) is 4.18. The number of Topliss-reactive ketones (excluding diaryl/α,β-unsaturated/α-hetero) is 1. The SMILES string of the molecule is COC1C(=O)C[C@@]23CCC[C@@H]2C[C@@H]1O3. The van der Waals surface area contributed by atoms with Crippen molar-refractivity contribution < 1.29 is 14.3 Å². The van der Waals surface area contributed by atoms with Gasteiger partial charge in [0.25, 0.3) is 0 Å². The highest BCUT2D eigenvalue weighted by Gasteiger charge is 2.58. The van der Waals surface area contributed by atoms with Gasteiger partial charge in [-0.15, -0.1) is 0 Å². The summed E-state index contributed by atoms with van der Waals surface area (Å²) in [6.45, 7) is 0. The quantitative estimate of drug-likeness (QED) is 0.634. The fourth-order valence-electron chi connectivity index (χ4n) is 3.58. The van der Waals surface area contributed by atoms with Gasteiger partial charge in [0.1, 0.15) is 6.10 Å². The molecule has 0 N–H and O–H groups in total. The lowest BCUT2D eigenvalue weighted by Gasteiger charge is -2.35. The van der Waals surface area contributed by atoms with E-state index in [0.29, 0.717) is 12.3 Å². The van der Waals surface area contributed by atoms with Crippen LogP contribution in [0.25, 0.3) is 0 Å². The van der Waals surface area contributed by atoms with Crippen LogP contribution in [0.5, 0.6) is 0 Å². The van der Waals surface area contributed by atoms with E-state index in [1.807, 2.05) is 0 Å². The van der Waals surface area contributed by atoms with Gasteiger partial charge in [-0.2, -0.15) is 0 Å². The van der Waals surface area contributed by atoms with Crippen LogP contribution in [0.4, 0.5) is 0 Å². The number of fused-ring (bicyclic) bond motifs is 1. The van der Waals surface area contributed by atoms with E-state index in [1.54, 1.807) is 7.11 Å². The van der Waals surface area contributed by atoms with Crippen LogP contribution in [-0.4, -0.2) is 30.7 Å². The van der Waals surface area contributed by atoms with Gasteiger partial charge in [-0.25, -0.2) is 0 Å².